The van der Waals surface area contributed by atoms with Gasteiger partial charge in [0.2, 0.25) is 0 Å². The summed E-state index contributed by atoms with van der Waals surface area (Å²) in [6.45, 7) is 0. The van der Waals surface area contributed by atoms with E-state index in [-0.39, 0.29) is 0 Å². The lowest BCUT2D eigenvalue weighted by Gasteiger charge is -2.16. The van der Waals surface area contributed by atoms with Crippen molar-refractivity contribution in [1.29, 1.82) is 0 Å². The first-order valence-electron chi connectivity index (χ1n) is 7.69. The van der Waals surface area contributed by atoms with Crippen LogP contribution >= 0.6 is 11.6 Å². The molecule has 0 radical (unpaired) electrons. The summed E-state index contributed by atoms with van der Waals surface area (Å²) >= 11 is 5.85. The maximum Gasteiger partial charge on any atom is 0.330 e. The zero-order valence-corrected chi connectivity index (χ0v) is 14.0. The molecule has 3 aromatic rings. The normalized spacial score (nSPS) is 11.6. The van der Waals surface area contributed by atoms with E-state index >= 15 is 0 Å². The van der Waals surface area contributed by atoms with Crippen LogP contribution in [0, 0.1) is 0 Å². The van der Waals surface area contributed by atoms with Crippen molar-refractivity contribution in [2.75, 3.05) is 5.32 Å². The second kappa shape index (κ2) is 7.73. The summed E-state index contributed by atoms with van der Waals surface area (Å²) in [6.07, 6.45) is 0. The van der Waals surface area contributed by atoms with Crippen LogP contribution in [0.3, 0.4) is 0 Å². The van der Waals surface area contributed by atoms with Gasteiger partial charge in [-0.1, -0.05) is 41.9 Å². The van der Waals surface area contributed by atoms with E-state index in [1.165, 1.54) is 0 Å². The molecule has 0 amide bonds. The first-order chi connectivity index (χ1) is 12.1. The van der Waals surface area contributed by atoms with Gasteiger partial charge in [0.05, 0.1) is 0 Å². The van der Waals surface area contributed by atoms with Crippen LogP contribution in [-0.4, -0.2) is 11.1 Å². The average molecular weight is 354 g/mol. The quantitative estimate of drug-likeness (QED) is 0.625. The number of aliphatic carboxylic acids is 1. The molecule has 1 atom stereocenters. The van der Waals surface area contributed by atoms with Crippen molar-refractivity contribution in [3.8, 4) is 11.5 Å². The number of carboxylic acids is 1. The molecule has 0 aliphatic rings. The summed E-state index contributed by atoms with van der Waals surface area (Å²) in [7, 11) is 0. The average Bonchev–Trinajstić information content (AvgIpc) is 2.63. The largest absolute Gasteiger partial charge is 0.479 e. The zero-order chi connectivity index (χ0) is 17.6. The van der Waals surface area contributed by atoms with Gasteiger partial charge in [0.25, 0.3) is 0 Å². The molecule has 25 heavy (non-hydrogen) atoms. The number of hydrogen-bond donors (Lipinski definition) is 2. The van der Waals surface area contributed by atoms with Crippen molar-refractivity contribution >= 4 is 23.3 Å². The monoisotopic (exact) mass is 353 g/mol. The number of hydrogen-bond acceptors (Lipinski definition) is 3. The molecule has 0 bridgehead atoms. The summed E-state index contributed by atoms with van der Waals surface area (Å²) in [5, 5.41) is 13.1. The molecule has 2 N–H and O–H groups in total. The van der Waals surface area contributed by atoms with Crippen LogP contribution in [-0.2, 0) is 4.79 Å². The number of nitrogens with one attached hydrogen (secondary N) is 1. The Hall–Kier alpha value is -2.98. The summed E-state index contributed by atoms with van der Waals surface area (Å²) < 4.78 is 5.72. The van der Waals surface area contributed by atoms with Gasteiger partial charge in [-0.25, -0.2) is 4.79 Å². The molecule has 0 spiro atoms. The molecule has 0 unspecified atom stereocenters. The molecule has 3 rings (SSSR count). The van der Waals surface area contributed by atoms with E-state index in [4.69, 9.17) is 16.3 Å². The minimum Gasteiger partial charge on any atom is -0.479 e. The van der Waals surface area contributed by atoms with Crippen molar-refractivity contribution < 1.29 is 14.6 Å². The Bertz CT molecular complexity index is 833. The number of anilines is 1. The van der Waals surface area contributed by atoms with Crippen molar-refractivity contribution in [3.05, 3.63) is 89.4 Å². The van der Waals surface area contributed by atoms with Gasteiger partial charge in [0, 0.05) is 10.7 Å². The third-order valence-electron chi connectivity index (χ3n) is 3.59. The number of halogens is 1. The summed E-state index contributed by atoms with van der Waals surface area (Å²) in [4.78, 5) is 11.5. The van der Waals surface area contributed by atoms with Crippen LogP contribution in [0.4, 0.5) is 5.69 Å². The Labute approximate surface area is 150 Å². The van der Waals surface area contributed by atoms with Crippen LogP contribution < -0.4 is 10.1 Å². The van der Waals surface area contributed by atoms with E-state index in [0.717, 1.165) is 0 Å². The number of carboxylic acid groups (broad SMARTS) is 1. The maximum atomic E-state index is 11.5. The Morgan fingerprint density at radius 3 is 2.00 bits per heavy atom. The van der Waals surface area contributed by atoms with Gasteiger partial charge in [-0.15, -0.1) is 0 Å². The van der Waals surface area contributed by atoms with Crippen molar-refractivity contribution in [3.63, 3.8) is 0 Å². The molecule has 0 fully saturated rings. The highest BCUT2D eigenvalue weighted by Gasteiger charge is 2.19. The Balaban J connectivity index is 1.71. The molecule has 0 saturated carbocycles. The van der Waals surface area contributed by atoms with Gasteiger partial charge < -0.3 is 15.2 Å². The van der Waals surface area contributed by atoms with Gasteiger partial charge in [-0.05, 0) is 54.1 Å². The Morgan fingerprint density at radius 1 is 0.880 bits per heavy atom. The Kier molecular flexibility index (Phi) is 5.21. The van der Waals surface area contributed by atoms with Gasteiger partial charge in [-0.3, -0.25) is 0 Å². The van der Waals surface area contributed by atoms with Crippen molar-refractivity contribution in [2.24, 2.45) is 0 Å². The topological polar surface area (TPSA) is 58.6 Å². The molecule has 0 aliphatic heterocycles. The highest BCUT2D eigenvalue weighted by Crippen LogP contribution is 2.26. The molecular formula is C20H16ClNO3. The number of rotatable bonds is 6. The van der Waals surface area contributed by atoms with Gasteiger partial charge in [0.15, 0.2) is 6.04 Å². The second-order valence-corrected chi connectivity index (χ2v) is 5.84. The van der Waals surface area contributed by atoms with Crippen molar-refractivity contribution in [2.45, 2.75) is 6.04 Å². The second-order valence-electron chi connectivity index (χ2n) is 5.41. The van der Waals surface area contributed by atoms with Crippen LogP contribution in [0.1, 0.15) is 11.6 Å². The van der Waals surface area contributed by atoms with E-state index in [0.29, 0.717) is 27.8 Å². The molecular weight excluding hydrogens is 338 g/mol. The van der Waals surface area contributed by atoms with E-state index in [9.17, 15) is 9.90 Å². The summed E-state index contributed by atoms with van der Waals surface area (Å²) in [5.41, 5.74) is 1.39. The lowest BCUT2D eigenvalue weighted by Crippen LogP contribution is -2.20. The van der Waals surface area contributed by atoms with Crippen LogP contribution in [0.5, 0.6) is 11.5 Å². The fourth-order valence-electron chi connectivity index (χ4n) is 2.36. The van der Waals surface area contributed by atoms with E-state index in [1.54, 1.807) is 60.7 Å². The molecule has 0 heterocycles. The summed E-state index contributed by atoms with van der Waals surface area (Å²) in [6, 6.07) is 22.4. The van der Waals surface area contributed by atoms with Gasteiger partial charge in [0.1, 0.15) is 11.5 Å². The molecule has 5 heteroatoms. The lowest BCUT2D eigenvalue weighted by atomic mass is 10.1. The minimum absolute atomic E-state index is 0.646. The lowest BCUT2D eigenvalue weighted by molar-refractivity contribution is -0.138. The van der Waals surface area contributed by atoms with E-state index < -0.39 is 12.0 Å². The van der Waals surface area contributed by atoms with Crippen LogP contribution in [0.25, 0.3) is 0 Å². The van der Waals surface area contributed by atoms with Crippen LogP contribution in [0.15, 0.2) is 78.9 Å². The first-order valence-corrected chi connectivity index (χ1v) is 8.07. The highest BCUT2D eigenvalue weighted by atomic mass is 35.5. The molecule has 0 aliphatic carbocycles. The minimum atomic E-state index is -0.937. The first kappa shape index (κ1) is 16.9. The number of benzene rings is 3. The van der Waals surface area contributed by atoms with Crippen LogP contribution in [0.2, 0.25) is 5.02 Å². The zero-order valence-electron chi connectivity index (χ0n) is 13.2. The fraction of sp³-hybridized carbons (Fsp3) is 0.0500. The predicted molar refractivity (Wildman–Crippen MR) is 98.4 cm³/mol. The third-order valence-corrected chi connectivity index (χ3v) is 3.85. The van der Waals surface area contributed by atoms with Crippen molar-refractivity contribution in [1.82, 2.24) is 0 Å². The van der Waals surface area contributed by atoms with E-state index in [1.807, 2.05) is 18.2 Å². The maximum absolute atomic E-state index is 11.5. The molecule has 3 aromatic carbocycles. The van der Waals surface area contributed by atoms with Gasteiger partial charge >= 0.3 is 5.97 Å². The number of ether oxygens (including phenoxy) is 1. The van der Waals surface area contributed by atoms with Gasteiger partial charge in [-0.2, -0.15) is 0 Å². The van der Waals surface area contributed by atoms with E-state index in [2.05, 4.69) is 5.32 Å². The predicted octanol–water partition coefficient (Wildman–Crippen LogP) is 5.37. The summed E-state index contributed by atoms with van der Waals surface area (Å²) in [5.74, 6) is 0.393. The highest BCUT2D eigenvalue weighted by molar-refractivity contribution is 6.30. The Morgan fingerprint density at radius 2 is 1.44 bits per heavy atom. The third kappa shape index (κ3) is 4.52. The molecule has 126 valence electrons. The fourth-order valence-corrected chi connectivity index (χ4v) is 2.48. The molecule has 0 saturated heterocycles. The standard InChI is InChI=1S/C20H16ClNO3/c21-15-6-10-17(11-7-15)25-18-12-8-16(9-13-18)22-19(20(23)24)14-4-2-1-3-5-14/h1-13,19,22H,(H,23,24)/t19-/m0/s1. The smallest absolute Gasteiger partial charge is 0.330 e. The molecule has 0 aromatic heterocycles. The molecule has 4 nitrogen and oxygen atoms in total. The SMILES string of the molecule is O=C(O)[C@@H](Nc1ccc(Oc2ccc(Cl)cc2)cc1)c1ccccc1. The number of carbonyl (C=O) groups is 1.